The first-order valence-corrected chi connectivity index (χ1v) is 26.5. The molecular weight excluding hydrogens is 795 g/mol. The number of fused-ring (bicyclic) bond motifs is 18. The Labute approximate surface area is 372 Å². The van der Waals surface area contributed by atoms with E-state index < -0.39 is 13.5 Å². The van der Waals surface area contributed by atoms with Crippen molar-refractivity contribution >= 4 is 77.8 Å². The Bertz CT molecular complexity index is 3710. The number of thiophene rings is 1. The predicted molar refractivity (Wildman–Crippen MR) is 270 cm³/mol. The maximum Gasteiger partial charge on any atom is 0.113 e. The molecule has 9 aromatic carbocycles. The SMILES string of the molecule is CC1(C)c2ccccc2N(c2cccc3c2sc2c4c(ccc23)C2(c3ccccc3-c3ccccc32)c2ccc3c5c(ccc-4c25)CC3)c2cc3c(cc21)-c1ccccc1[Si]3(C)C. The summed E-state index contributed by atoms with van der Waals surface area (Å²) in [6.07, 6.45) is 2.23. The minimum atomic E-state index is -1.95. The highest BCUT2D eigenvalue weighted by atomic mass is 32.1. The number of hydrogen-bond acceptors (Lipinski definition) is 2. The Hall–Kier alpha value is -6.52. The number of benzene rings is 9. The Balaban J connectivity index is 1.05. The highest BCUT2D eigenvalue weighted by molar-refractivity contribution is 7.27. The summed E-state index contributed by atoms with van der Waals surface area (Å²) in [6.45, 7) is 9.97. The number of aryl methyl sites for hydroxylation is 2. The lowest BCUT2D eigenvalue weighted by atomic mass is 9.61. The molecule has 0 bridgehead atoms. The molecule has 0 atom stereocenters. The number of para-hydroxylation sites is 1. The summed E-state index contributed by atoms with van der Waals surface area (Å²) in [5, 5.41) is 8.75. The first kappa shape index (κ1) is 35.0. The Morgan fingerprint density at radius 3 is 1.86 bits per heavy atom. The van der Waals surface area contributed by atoms with Crippen LogP contribution in [0.3, 0.4) is 0 Å². The van der Waals surface area contributed by atoms with Gasteiger partial charge in [0.15, 0.2) is 0 Å². The highest BCUT2D eigenvalue weighted by Gasteiger charge is 2.51. The summed E-state index contributed by atoms with van der Waals surface area (Å²) in [6, 6.07) is 64.2. The molecule has 3 heterocycles. The Morgan fingerprint density at radius 1 is 0.444 bits per heavy atom. The second-order valence-electron chi connectivity index (χ2n) is 19.8. The lowest BCUT2D eigenvalue weighted by Gasteiger charge is -2.43. The van der Waals surface area contributed by atoms with E-state index in [0.29, 0.717) is 0 Å². The van der Waals surface area contributed by atoms with Gasteiger partial charge in [-0.2, -0.15) is 0 Å². The average molecular weight is 838 g/mol. The molecule has 0 saturated heterocycles. The van der Waals surface area contributed by atoms with Gasteiger partial charge in [-0.25, -0.2) is 0 Å². The van der Waals surface area contributed by atoms with Gasteiger partial charge in [0.25, 0.3) is 0 Å². The third kappa shape index (κ3) is 3.99. The van der Waals surface area contributed by atoms with E-state index in [0.717, 1.165) is 12.8 Å². The molecule has 0 radical (unpaired) electrons. The van der Waals surface area contributed by atoms with Crippen LogP contribution in [0.1, 0.15) is 58.4 Å². The standard InChI is InChI=1S/C60H43NSSi/c1-59(2)45-20-10-11-21-49(45)61(51-33-53-42(32-48(51)59)38-16-7-12-23-52(38)63(53,3)4)50-22-13-17-39-40-29-31-47-56(58(40)62-57(39)50)41-28-26-34-24-25-35-27-30-46(55(41)54(34)35)60(47)43-18-8-5-14-36(43)37-15-6-9-19-44(37)60/h5-23,26-33H,24-25H2,1-4H3. The van der Waals surface area contributed by atoms with Gasteiger partial charge in [-0.15, -0.1) is 11.3 Å². The van der Waals surface area contributed by atoms with E-state index in [1.807, 2.05) is 11.3 Å². The smallest absolute Gasteiger partial charge is 0.113 e. The molecule has 0 saturated carbocycles. The highest BCUT2D eigenvalue weighted by Crippen LogP contribution is 2.65. The van der Waals surface area contributed by atoms with Crippen molar-refractivity contribution in [3.05, 3.63) is 208 Å². The maximum atomic E-state index is 2.65. The number of anilines is 3. The molecule has 15 rings (SSSR count). The van der Waals surface area contributed by atoms with Crippen molar-refractivity contribution in [2.24, 2.45) is 0 Å². The fraction of sp³-hybridized carbons (Fsp3) is 0.133. The number of hydrogen-bond donors (Lipinski definition) is 0. The van der Waals surface area contributed by atoms with Gasteiger partial charge in [0.1, 0.15) is 8.07 Å². The van der Waals surface area contributed by atoms with Gasteiger partial charge in [-0.05, 0) is 131 Å². The van der Waals surface area contributed by atoms with Gasteiger partial charge in [0, 0.05) is 26.5 Å². The van der Waals surface area contributed by atoms with Crippen LogP contribution in [0, 0.1) is 0 Å². The molecule has 63 heavy (non-hydrogen) atoms. The van der Waals surface area contributed by atoms with Crippen molar-refractivity contribution in [2.75, 3.05) is 4.90 Å². The lowest BCUT2D eigenvalue weighted by Crippen LogP contribution is -2.49. The first-order valence-electron chi connectivity index (χ1n) is 22.7. The van der Waals surface area contributed by atoms with E-state index in [9.17, 15) is 0 Å². The van der Waals surface area contributed by atoms with Crippen LogP contribution in [0.4, 0.5) is 17.1 Å². The van der Waals surface area contributed by atoms with Crippen LogP contribution in [0.15, 0.2) is 164 Å². The van der Waals surface area contributed by atoms with Gasteiger partial charge >= 0.3 is 0 Å². The van der Waals surface area contributed by atoms with Crippen LogP contribution >= 0.6 is 11.3 Å². The van der Waals surface area contributed by atoms with E-state index in [4.69, 9.17) is 0 Å². The van der Waals surface area contributed by atoms with Crippen LogP contribution < -0.4 is 15.3 Å². The molecule has 10 aromatic rings. The molecule has 1 nitrogen and oxygen atoms in total. The van der Waals surface area contributed by atoms with Crippen LogP contribution in [0.25, 0.3) is 64.3 Å². The third-order valence-electron chi connectivity index (χ3n) is 16.3. The van der Waals surface area contributed by atoms with Crippen molar-refractivity contribution in [1.82, 2.24) is 0 Å². The fourth-order valence-corrected chi connectivity index (χ4v) is 18.0. The summed E-state index contributed by atoms with van der Waals surface area (Å²) < 4.78 is 2.74. The van der Waals surface area contributed by atoms with Gasteiger partial charge in [0.2, 0.25) is 0 Å². The van der Waals surface area contributed by atoms with Crippen molar-refractivity contribution in [3.63, 3.8) is 0 Å². The largest absolute Gasteiger partial charge is 0.308 e. The molecular formula is C60H43NSSi. The first-order chi connectivity index (χ1) is 30.8. The van der Waals surface area contributed by atoms with Crippen LogP contribution in [-0.2, 0) is 23.7 Å². The zero-order valence-electron chi connectivity index (χ0n) is 35.9. The van der Waals surface area contributed by atoms with E-state index in [-0.39, 0.29) is 5.41 Å². The summed E-state index contributed by atoms with van der Waals surface area (Å²) in [5.74, 6) is 0. The van der Waals surface area contributed by atoms with Crippen LogP contribution in [-0.4, -0.2) is 8.07 Å². The molecule has 0 amide bonds. The Kier molecular flexibility index (Phi) is 6.41. The molecule has 0 N–H and O–H groups in total. The second kappa shape index (κ2) is 11.5. The molecule has 2 aliphatic heterocycles. The molecule has 0 fully saturated rings. The van der Waals surface area contributed by atoms with Gasteiger partial charge in [-0.1, -0.05) is 166 Å². The van der Waals surface area contributed by atoms with Gasteiger partial charge in [0.05, 0.1) is 27.2 Å². The van der Waals surface area contributed by atoms with Crippen molar-refractivity contribution in [1.29, 1.82) is 0 Å². The van der Waals surface area contributed by atoms with Crippen molar-refractivity contribution in [3.8, 4) is 33.4 Å². The fourth-order valence-electron chi connectivity index (χ4n) is 13.6. The molecule has 3 aliphatic carbocycles. The minimum absolute atomic E-state index is 0.177. The summed E-state index contributed by atoms with van der Waals surface area (Å²) >= 11 is 2.02. The van der Waals surface area contributed by atoms with Crippen LogP contribution in [0.5, 0.6) is 0 Å². The number of nitrogens with zero attached hydrogens (tertiary/aromatic N) is 1. The van der Waals surface area contributed by atoms with Crippen LogP contribution in [0.2, 0.25) is 13.1 Å². The van der Waals surface area contributed by atoms with E-state index >= 15 is 0 Å². The molecule has 298 valence electrons. The number of rotatable bonds is 1. The quantitative estimate of drug-likeness (QED) is 0.149. The van der Waals surface area contributed by atoms with E-state index in [1.54, 1.807) is 10.4 Å². The normalized spacial score (nSPS) is 16.8. The maximum absolute atomic E-state index is 2.65. The van der Waals surface area contributed by atoms with Gasteiger partial charge < -0.3 is 4.90 Å². The third-order valence-corrected chi connectivity index (χ3v) is 21.2. The Morgan fingerprint density at radius 2 is 1.08 bits per heavy atom. The average Bonchev–Trinajstić information content (AvgIpc) is 4.05. The molecule has 0 unspecified atom stereocenters. The molecule has 1 aromatic heterocycles. The summed E-state index contributed by atoms with van der Waals surface area (Å²) in [4.78, 5) is 2.65. The molecule has 5 aliphatic rings. The summed E-state index contributed by atoms with van der Waals surface area (Å²) in [7, 11) is -1.95. The van der Waals surface area contributed by atoms with Gasteiger partial charge in [-0.3, -0.25) is 0 Å². The van der Waals surface area contributed by atoms with Crippen molar-refractivity contribution < 1.29 is 0 Å². The zero-order chi connectivity index (χ0) is 41.7. The molecule has 1 spiro atoms. The minimum Gasteiger partial charge on any atom is -0.308 e. The predicted octanol–water partition coefficient (Wildman–Crippen LogP) is 14.6. The van der Waals surface area contributed by atoms with Crippen molar-refractivity contribution in [2.45, 2.75) is 50.6 Å². The topological polar surface area (TPSA) is 3.24 Å². The van der Waals surface area contributed by atoms with E-state index in [1.165, 1.54) is 126 Å². The second-order valence-corrected chi connectivity index (χ2v) is 25.2. The lowest BCUT2D eigenvalue weighted by molar-refractivity contribution is 0.632. The van der Waals surface area contributed by atoms with E-state index in [2.05, 4.69) is 196 Å². The summed E-state index contributed by atoms with van der Waals surface area (Å²) in [5.41, 5.74) is 23.1. The molecule has 3 heteroatoms. The zero-order valence-corrected chi connectivity index (χ0v) is 37.7. The monoisotopic (exact) mass is 837 g/mol.